The van der Waals surface area contributed by atoms with Crippen LogP contribution in [0.4, 0.5) is 0 Å². The van der Waals surface area contributed by atoms with Gasteiger partial charge in [0, 0.05) is 19.6 Å². The van der Waals surface area contributed by atoms with Crippen LogP contribution in [0.25, 0.3) is 0 Å². The number of unbranched alkanes of at least 4 members (excludes halogenated alkanes) is 1. The number of hydrogen-bond donors (Lipinski definition) is 3. The third kappa shape index (κ3) is 7.50. The van der Waals surface area contributed by atoms with Crippen molar-refractivity contribution in [3.8, 4) is 0 Å². The largest absolute Gasteiger partial charge is 0.355 e. The van der Waals surface area contributed by atoms with Gasteiger partial charge < -0.3 is 16.4 Å². The lowest BCUT2D eigenvalue weighted by Crippen LogP contribution is -2.36. The van der Waals surface area contributed by atoms with Gasteiger partial charge in [-0.05, 0) is 6.42 Å². The van der Waals surface area contributed by atoms with Crippen molar-refractivity contribution < 1.29 is 4.79 Å². The van der Waals surface area contributed by atoms with Gasteiger partial charge in [0.05, 0.1) is 6.54 Å². The van der Waals surface area contributed by atoms with E-state index >= 15 is 0 Å². The van der Waals surface area contributed by atoms with E-state index in [0.29, 0.717) is 19.6 Å². The molecule has 0 aromatic heterocycles. The molecule has 0 bridgehead atoms. The summed E-state index contributed by atoms with van der Waals surface area (Å²) in [5.41, 5.74) is 5.24. The fourth-order valence-corrected chi connectivity index (χ4v) is 0.771. The Morgan fingerprint density at radius 2 is 2.17 bits per heavy atom. The Balaban J connectivity index is 3.10. The Labute approximate surface area is 73.9 Å². The highest BCUT2D eigenvalue weighted by Crippen LogP contribution is 1.81. The van der Waals surface area contributed by atoms with Gasteiger partial charge in [-0.15, -0.1) is 0 Å². The second-order valence-corrected chi connectivity index (χ2v) is 2.67. The number of nitrogens with two attached hydrogens (primary N) is 1. The second kappa shape index (κ2) is 8.49. The van der Waals surface area contributed by atoms with E-state index in [4.69, 9.17) is 5.73 Å². The Bertz CT molecular complexity index is 105. The fourth-order valence-electron chi connectivity index (χ4n) is 0.771. The Hall–Kier alpha value is -0.610. The first-order valence-electron chi connectivity index (χ1n) is 4.48. The van der Waals surface area contributed by atoms with Crippen LogP contribution in [0.3, 0.4) is 0 Å². The highest BCUT2D eigenvalue weighted by molar-refractivity contribution is 5.77. The monoisotopic (exact) mass is 173 g/mol. The molecule has 12 heavy (non-hydrogen) atoms. The molecule has 0 unspecified atom stereocenters. The average molecular weight is 173 g/mol. The van der Waals surface area contributed by atoms with E-state index in [1.807, 2.05) is 0 Å². The molecule has 0 aliphatic rings. The normalized spacial score (nSPS) is 9.83. The maximum Gasteiger partial charge on any atom is 0.233 e. The minimum Gasteiger partial charge on any atom is -0.355 e. The summed E-state index contributed by atoms with van der Waals surface area (Å²) in [5.74, 6) is 0.0527. The molecule has 0 saturated carbocycles. The highest BCUT2D eigenvalue weighted by Gasteiger charge is 1.97. The summed E-state index contributed by atoms with van der Waals surface area (Å²) in [5, 5.41) is 5.72. The third-order valence-corrected chi connectivity index (χ3v) is 1.46. The molecular formula is C8H19N3O. The topological polar surface area (TPSA) is 67.2 Å². The van der Waals surface area contributed by atoms with Crippen LogP contribution < -0.4 is 16.4 Å². The number of rotatable bonds is 7. The summed E-state index contributed by atoms with van der Waals surface area (Å²) in [4.78, 5) is 11.0. The van der Waals surface area contributed by atoms with E-state index in [2.05, 4.69) is 17.6 Å². The van der Waals surface area contributed by atoms with E-state index in [1.54, 1.807) is 0 Å². The molecule has 0 rings (SSSR count). The van der Waals surface area contributed by atoms with Crippen LogP contribution in [0.15, 0.2) is 0 Å². The zero-order chi connectivity index (χ0) is 9.23. The number of hydrogen-bond acceptors (Lipinski definition) is 3. The smallest absolute Gasteiger partial charge is 0.233 e. The van der Waals surface area contributed by atoms with Crippen LogP contribution in [-0.2, 0) is 4.79 Å². The van der Waals surface area contributed by atoms with E-state index in [-0.39, 0.29) is 5.91 Å². The third-order valence-electron chi connectivity index (χ3n) is 1.46. The Morgan fingerprint density at radius 1 is 1.42 bits per heavy atom. The van der Waals surface area contributed by atoms with Crippen molar-refractivity contribution >= 4 is 5.91 Å². The molecule has 72 valence electrons. The van der Waals surface area contributed by atoms with Gasteiger partial charge in [-0.1, -0.05) is 13.3 Å². The summed E-state index contributed by atoms with van der Waals surface area (Å²) in [6.45, 7) is 4.52. The quantitative estimate of drug-likeness (QED) is 0.453. The van der Waals surface area contributed by atoms with Crippen LogP contribution in [-0.4, -0.2) is 32.1 Å². The van der Waals surface area contributed by atoms with Gasteiger partial charge in [-0.25, -0.2) is 0 Å². The molecule has 0 heterocycles. The lowest BCUT2D eigenvalue weighted by molar-refractivity contribution is -0.120. The zero-order valence-electron chi connectivity index (χ0n) is 7.73. The lowest BCUT2D eigenvalue weighted by Gasteiger charge is -2.04. The van der Waals surface area contributed by atoms with E-state index in [9.17, 15) is 4.79 Å². The average Bonchev–Trinajstić information content (AvgIpc) is 2.06. The van der Waals surface area contributed by atoms with Crippen LogP contribution in [0.1, 0.15) is 19.8 Å². The minimum atomic E-state index is 0.0527. The van der Waals surface area contributed by atoms with Gasteiger partial charge in [-0.3, -0.25) is 4.79 Å². The first-order valence-corrected chi connectivity index (χ1v) is 4.48. The number of carbonyl (C=O) groups is 1. The molecule has 0 fully saturated rings. The van der Waals surface area contributed by atoms with Crippen molar-refractivity contribution in [1.29, 1.82) is 0 Å². The molecule has 0 aliphatic carbocycles. The Kier molecular flexibility index (Phi) is 8.05. The summed E-state index contributed by atoms with van der Waals surface area (Å²) < 4.78 is 0. The van der Waals surface area contributed by atoms with Crippen molar-refractivity contribution in [3.05, 3.63) is 0 Å². The van der Waals surface area contributed by atoms with Crippen molar-refractivity contribution in [2.24, 2.45) is 5.73 Å². The first-order chi connectivity index (χ1) is 5.81. The Morgan fingerprint density at radius 3 is 2.75 bits per heavy atom. The summed E-state index contributed by atoms with van der Waals surface area (Å²) in [7, 11) is 0. The maximum atomic E-state index is 11.0. The van der Waals surface area contributed by atoms with E-state index in [0.717, 1.165) is 19.4 Å². The lowest BCUT2D eigenvalue weighted by atomic mass is 10.3. The van der Waals surface area contributed by atoms with Gasteiger partial charge in [0.2, 0.25) is 5.91 Å². The molecule has 0 radical (unpaired) electrons. The molecule has 0 aromatic carbocycles. The van der Waals surface area contributed by atoms with Gasteiger partial charge in [0.25, 0.3) is 0 Å². The molecule has 0 atom stereocenters. The van der Waals surface area contributed by atoms with E-state index in [1.165, 1.54) is 0 Å². The van der Waals surface area contributed by atoms with Crippen molar-refractivity contribution in [1.82, 2.24) is 10.6 Å². The maximum absolute atomic E-state index is 11.0. The molecule has 0 spiro atoms. The SMILES string of the molecule is CCCCNC(=O)CNCCN. The minimum absolute atomic E-state index is 0.0527. The molecule has 4 N–H and O–H groups in total. The number of amides is 1. The molecule has 0 aromatic rings. The van der Waals surface area contributed by atoms with Crippen LogP contribution >= 0.6 is 0 Å². The van der Waals surface area contributed by atoms with Crippen LogP contribution in [0, 0.1) is 0 Å². The van der Waals surface area contributed by atoms with Crippen LogP contribution in [0.5, 0.6) is 0 Å². The summed E-state index contributed by atoms with van der Waals surface area (Å²) in [6, 6.07) is 0. The number of nitrogens with one attached hydrogen (secondary N) is 2. The summed E-state index contributed by atoms with van der Waals surface area (Å²) in [6.07, 6.45) is 2.15. The molecule has 1 amide bonds. The van der Waals surface area contributed by atoms with Crippen molar-refractivity contribution in [2.45, 2.75) is 19.8 Å². The first kappa shape index (κ1) is 11.4. The molecule has 4 nitrogen and oxygen atoms in total. The summed E-state index contributed by atoms with van der Waals surface area (Å²) >= 11 is 0. The molecular weight excluding hydrogens is 154 g/mol. The van der Waals surface area contributed by atoms with Gasteiger partial charge >= 0.3 is 0 Å². The molecule has 0 aliphatic heterocycles. The van der Waals surface area contributed by atoms with E-state index < -0.39 is 0 Å². The van der Waals surface area contributed by atoms with Gasteiger partial charge in [0.1, 0.15) is 0 Å². The number of carbonyl (C=O) groups excluding carboxylic acids is 1. The van der Waals surface area contributed by atoms with Crippen LogP contribution in [0.2, 0.25) is 0 Å². The van der Waals surface area contributed by atoms with Crippen molar-refractivity contribution in [3.63, 3.8) is 0 Å². The second-order valence-electron chi connectivity index (χ2n) is 2.67. The predicted molar refractivity (Wildman–Crippen MR) is 49.8 cm³/mol. The fraction of sp³-hybridized carbons (Fsp3) is 0.875. The predicted octanol–water partition coefficient (Wildman–Crippen LogP) is -0.549. The standard InChI is InChI=1S/C8H19N3O/c1-2-3-5-11-8(12)7-10-6-4-9/h10H,2-7,9H2,1H3,(H,11,12). The zero-order valence-corrected chi connectivity index (χ0v) is 7.73. The van der Waals surface area contributed by atoms with Gasteiger partial charge in [0.15, 0.2) is 0 Å². The highest BCUT2D eigenvalue weighted by atomic mass is 16.1. The molecule has 4 heteroatoms. The van der Waals surface area contributed by atoms with Gasteiger partial charge in [-0.2, -0.15) is 0 Å². The van der Waals surface area contributed by atoms with Crippen molar-refractivity contribution in [2.75, 3.05) is 26.2 Å². The molecule has 0 saturated heterocycles.